The van der Waals surface area contributed by atoms with Crippen LogP contribution >= 0.6 is 11.3 Å². The molecule has 0 fully saturated rings. The van der Waals surface area contributed by atoms with Gasteiger partial charge in [-0.2, -0.15) is 5.10 Å². The number of carbonyl (C=O) groups excluding carboxylic acids is 1. The molecule has 18 heavy (non-hydrogen) atoms. The zero-order valence-electron chi connectivity index (χ0n) is 10.4. The van der Waals surface area contributed by atoms with E-state index < -0.39 is 0 Å². The molecular weight excluding hydrogens is 246 g/mol. The molecule has 5 heteroatoms. The molecule has 0 aliphatic heterocycles. The first kappa shape index (κ1) is 12.8. The fraction of sp³-hybridized carbons (Fsp3) is 0.385. The first-order valence-electron chi connectivity index (χ1n) is 6.14. The molecule has 2 aromatic rings. The van der Waals surface area contributed by atoms with Gasteiger partial charge in [0.2, 0.25) is 0 Å². The number of nitrogens with one attached hydrogen (secondary N) is 2. The Labute approximate surface area is 110 Å². The Kier molecular flexibility index (Phi) is 4.52. The largest absolute Gasteiger partial charge is 0.350 e. The maximum Gasteiger partial charge on any atom is 0.271 e. The maximum absolute atomic E-state index is 11.8. The van der Waals surface area contributed by atoms with Gasteiger partial charge in [0.1, 0.15) is 5.69 Å². The molecule has 0 bridgehead atoms. The summed E-state index contributed by atoms with van der Waals surface area (Å²) in [4.78, 5) is 13.1. The Morgan fingerprint density at radius 3 is 3.11 bits per heavy atom. The molecule has 2 N–H and O–H groups in total. The number of hydrogen-bond acceptors (Lipinski definition) is 3. The molecule has 0 saturated carbocycles. The third-order valence-corrected chi connectivity index (χ3v) is 3.56. The molecular formula is C13H17N3OS. The first-order chi connectivity index (χ1) is 8.79. The molecule has 0 unspecified atom stereocenters. The van der Waals surface area contributed by atoms with Crippen molar-refractivity contribution in [3.8, 4) is 0 Å². The van der Waals surface area contributed by atoms with Crippen molar-refractivity contribution in [2.75, 3.05) is 6.54 Å². The van der Waals surface area contributed by atoms with Crippen LogP contribution in [0.15, 0.2) is 23.6 Å². The summed E-state index contributed by atoms with van der Waals surface area (Å²) >= 11 is 1.71. The zero-order valence-corrected chi connectivity index (χ0v) is 11.2. The van der Waals surface area contributed by atoms with Crippen LogP contribution in [-0.2, 0) is 12.8 Å². The summed E-state index contributed by atoms with van der Waals surface area (Å²) in [5.74, 6) is -0.106. The van der Waals surface area contributed by atoms with Crippen molar-refractivity contribution in [3.63, 3.8) is 0 Å². The van der Waals surface area contributed by atoms with Gasteiger partial charge in [-0.1, -0.05) is 19.4 Å². The highest BCUT2D eigenvalue weighted by molar-refractivity contribution is 7.09. The first-order valence-corrected chi connectivity index (χ1v) is 7.02. The van der Waals surface area contributed by atoms with Crippen molar-refractivity contribution in [2.24, 2.45) is 0 Å². The number of hydrogen-bond donors (Lipinski definition) is 2. The maximum atomic E-state index is 11.8. The van der Waals surface area contributed by atoms with Crippen molar-refractivity contribution in [1.29, 1.82) is 0 Å². The lowest BCUT2D eigenvalue weighted by Crippen LogP contribution is -2.25. The number of rotatable bonds is 6. The SMILES string of the molecule is CCCc1cc(C(=O)NCCc2cccs2)n[nH]1. The van der Waals surface area contributed by atoms with E-state index in [-0.39, 0.29) is 5.91 Å². The van der Waals surface area contributed by atoms with Crippen LogP contribution in [0.5, 0.6) is 0 Å². The van der Waals surface area contributed by atoms with Crippen LogP contribution in [0.3, 0.4) is 0 Å². The summed E-state index contributed by atoms with van der Waals surface area (Å²) in [7, 11) is 0. The zero-order chi connectivity index (χ0) is 12.8. The summed E-state index contributed by atoms with van der Waals surface area (Å²) < 4.78 is 0. The van der Waals surface area contributed by atoms with Gasteiger partial charge in [-0.05, 0) is 30.4 Å². The van der Waals surface area contributed by atoms with Crippen molar-refractivity contribution in [2.45, 2.75) is 26.2 Å². The molecule has 0 aromatic carbocycles. The van der Waals surface area contributed by atoms with Crippen molar-refractivity contribution in [1.82, 2.24) is 15.5 Å². The number of amides is 1. The minimum atomic E-state index is -0.106. The van der Waals surface area contributed by atoms with E-state index in [1.807, 2.05) is 17.5 Å². The predicted octanol–water partition coefficient (Wildman–Crippen LogP) is 2.40. The van der Waals surface area contributed by atoms with Gasteiger partial charge < -0.3 is 5.32 Å². The number of nitrogens with zero attached hydrogens (tertiary/aromatic N) is 1. The van der Waals surface area contributed by atoms with Gasteiger partial charge in [-0.3, -0.25) is 9.89 Å². The molecule has 0 spiro atoms. The molecule has 1 amide bonds. The lowest BCUT2D eigenvalue weighted by atomic mass is 10.2. The lowest BCUT2D eigenvalue weighted by molar-refractivity contribution is 0.0949. The standard InChI is InChI=1S/C13H17N3OS/c1-2-4-10-9-12(16-15-10)13(17)14-7-6-11-5-3-8-18-11/h3,5,8-9H,2,4,6-7H2,1H3,(H,14,17)(H,15,16). The number of aromatic nitrogens is 2. The summed E-state index contributed by atoms with van der Waals surface area (Å²) in [5, 5.41) is 11.8. The fourth-order valence-corrected chi connectivity index (χ4v) is 2.43. The number of carbonyl (C=O) groups is 1. The second-order valence-corrected chi connectivity index (χ2v) is 5.15. The number of aromatic amines is 1. The Morgan fingerprint density at radius 1 is 1.50 bits per heavy atom. The van der Waals surface area contributed by atoms with Gasteiger partial charge in [0, 0.05) is 17.1 Å². The highest BCUT2D eigenvalue weighted by Crippen LogP contribution is 2.08. The molecule has 0 radical (unpaired) electrons. The summed E-state index contributed by atoms with van der Waals surface area (Å²) in [6.45, 7) is 2.75. The van der Waals surface area contributed by atoms with E-state index in [0.29, 0.717) is 12.2 Å². The minimum absolute atomic E-state index is 0.106. The number of H-pyrrole nitrogens is 1. The molecule has 0 aliphatic rings. The fourth-order valence-electron chi connectivity index (χ4n) is 1.72. The molecule has 2 rings (SSSR count). The van der Waals surface area contributed by atoms with E-state index in [9.17, 15) is 4.79 Å². The molecule has 0 atom stereocenters. The predicted molar refractivity (Wildman–Crippen MR) is 72.9 cm³/mol. The topological polar surface area (TPSA) is 57.8 Å². The van der Waals surface area contributed by atoms with Gasteiger partial charge >= 0.3 is 0 Å². The highest BCUT2D eigenvalue weighted by atomic mass is 32.1. The molecule has 0 saturated heterocycles. The van der Waals surface area contributed by atoms with E-state index in [2.05, 4.69) is 28.5 Å². The average Bonchev–Trinajstić information content (AvgIpc) is 3.00. The van der Waals surface area contributed by atoms with E-state index in [0.717, 1.165) is 25.0 Å². The third kappa shape index (κ3) is 3.43. The van der Waals surface area contributed by atoms with Crippen LogP contribution in [0.25, 0.3) is 0 Å². The monoisotopic (exact) mass is 263 g/mol. The van der Waals surface area contributed by atoms with Crippen LogP contribution in [-0.4, -0.2) is 22.6 Å². The van der Waals surface area contributed by atoms with E-state index in [4.69, 9.17) is 0 Å². The van der Waals surface area contributed by atoms with Crippen molar-refractivity contribution in [3.05, 3.63) is 39.8 Å². The van der Waals surface area contributed by atoms with Crippen LogP contribution in [0.2, 0.25) is 0 Å². The van der Waals surface area contributed by atoms with Crippen LogP contribution in [0.4, 0.5) is 0 Å². The molecule has 4 nitrogen and oxygen atoms in total. The molecule has 2 aromatic heterocycles. The van der Waals surface area contributed by atoms with Gasteiger partial charge in [-0.15, -0.1) is 11.3 Å². The number of aryl methyl sites for hydroxylation is 1. The Morgan fingerprint density at radius 2 is 2.39 bits per heavy atom. The van der Waals surface area contributed by atoms with E-state index in [1.54, 1.807) is 11.3 Å². The summed E-state index contributed by atoms with van der Waals surface area (Å²) in [6.07, 6.45) is 2.84. The van der Waals surface area contributed by atoms with E-state index in [1.165, 1.54) is 4.88 Å². The quantitative estimate of drug-likeness (QED) is 0.840. The van der Waals surface area contributed by atoms with Gasteiger partial charge in [-0.25, -0.2) is 0 Å². The Balaban J connectivity index is 1.80. The molecule has 96 valence electrons. The highest BCUT2D eigenvalue weighted by Gasteiger charge is 2.09. The van der Waals surface area contributed by atoms with Crippen LogP contribution in [0.1, 0.15) is 34.4 Å². The molecule has 0 aliphatic carbocycles. The number of thiophene rings is 1. The van der Waals surface area contributed by atoms with Gasteiger partial charge in [0.15, 0.2) is 0 Å². The smallest absolute Gasteiger partial charge is 0.271 e. The third-order valence-electron chi connectivity index (χ3n) is 2.62. The van der Waals surface area contributed by atoms with Crippen LogP contribution in [0, 0.1) is 0 Å². The van der Waals surface area contributed by atoms with Gasteiger partial charge in [0.25, 0.3) is 5.91 Å². The average molecular weight is 263 g/mol. The van der Waals surface area contributed by atoms with Crippen molar-refractivity contribution < 1.29 is 4.79 Å². The second-order valence-electron chi connectivity index (χ2n) is 4.11. The Bertz CT molecular complexity index is 490. The lowest BCUT2D eigenvalue weighted by Gasteiger charge is -2.00. The Hall–Kier alpha value is -1.62. The summed E-state index contributed by atoms with van der Waals surface area (Å²) in [6, 6.07) is 5.92. The van der Waals surface area contributed by atoms with E-state index >= 15 is 0 Å². The van der Waals surface area contributed by atoms with Crippen molar-refractivity contribution >= 4 is 17.2 Å². The van der Waals surface area contributed by atoms with Gasteiger partial charge in [0.05, 0.1) is 0 Å². The normalized spacial score (nSPS) is 10.5. The second kappa shape index (κ2) is 6.35. The minimum Gasteiger partial charge on any atom is -0.350 e. The van der Waals surface area contributed by atoms with Crippen LogP contribution < -0.4 is 5.32 Å². The summed E-state index contributed by atoms with van der Waals surface area (Å²) in [5.41, 5.74) is 1.49. The molecule has 2 heterocycles.